The van der Waals surface area contributed by atoms with E-state index >= 15 is 4.39 Å². The molecule has 0 aliphatic carbocycles. The number of rotatable bonds is 9. The normalized spacial score (nSPS) is 15.4. The molecule has 204 valence electrons. The summed E-state index contributed by atoms with van der Waals surface area (Å²) in [6, 6.07) is 4.23. The van der Waals surface area contributed by atoms with E-state index < -0.39 is 63.3 Å². The van der Waals surface area contributed by atoms with Gasteiger partial charge in [-0.3, -0.25) is 9.00 Å². The fourth-order valence-corrected chi connectivity index (χ4v) is 4.97. The highest BCUT2D eigenvalue weighted by Gasteiger charge is 2.41. The minimum absolute atomic E-state index is 0.127. The third kappa shape index (κ3) is 8.14. The number of benzene rings is 2. The molecule has 0 heterocycles. The van der Waals surface area contributed by atoms with Gasteiger partial charge >= 0.3 is 12.4 Å². The van der Waals surface area contributed by atoms with Gasteiger partial charge in [0.25, 0.3) is 0 Å². The summed E-state index contributed by atoms with van der Waals surface area (Å²) in [5.74, 6) is -4.86. The summed E-state index contributed by atoms with van der Waals surface area (Å²) in [5, 5.41) is 0.249. The van der Waals surface area contributed by atoms with Crippen LogP contribution in [-0.2, 0) is 17.0 Å². The molecule has 0 fully saturated rings. The Morgan fingerprint density at radius 1 is 1.05 bits per heavy atom. The molecule has 3 atom stereocenters. The van der Waals surface area contributed by atoms with Crippen LogP contribution in [0.1, 0.15) is 64.4 Å². The van der Waals surface area contributed by atoms with E-state index in [4.69, 9.17) is 11.6 Å². The Labute approximate surface area is 218 Å². The van der Waals surface area contributed by atoms with Crippen LogP contribution in [0.4, 0.5) is 30.7 Å². The molecule has 2 unspecified atom stereocenters. The highest BCUT2D eigenvalue weighted by molar-refractivity contribution is 7.84. The summed E-state index contributed by atoms with van der Waals surface area (Å²) in [5.41, 5.74) is -2.58. The van der Waals surface area contributed by atoms with Crippen LogP contribution in [0.3, 0.4) is 0 Å². The molecular formula is C26H26ClF7O2S. The van der Waals surface area contributed by atoms with E-state index in [1.807, 2.05) is 0 Å². The van der Waals surface area contributed by atoms with Gasteiger partial charge in [-0.25, -0.2) is 4.39 Å². The van der Waals surface area contributed by atoms with Crippen molar-refractivity contribution in [2.75, 3.05) is 11.5 Å². The average Bonchev–Trinajstić information content (AvgIpc) is 2.78. The number of allylic oxidation sites excluding steroid dienone is 1. The van der Waals surface area contributed by atoms with Crippen LogP contribution in [-0.4, -0.2) is 27.7 Å². The lowest BCUT2D eigenvalue weighted by Crippen LogP contribution is -2.20. The van der Waals surface area contributed by atoms with Crippen molar-refractivity contribution < 1.29 is 39.7 Å². The fourth-order valence-electron chi connectivity index (χ4n) is 3.87. The molecule has 0 saturated carbocycles. The summed E-state index contributed by atoms with van der Waals surface area (Å²) in [6.07, 6.45) is -10.1. The van der Waals surface area contributed by atoms with Gasteiger partial charge in [-0.05, 0) is 48.6 Å². The highest BCUT2D eigenvalue weighted by Crippen LogP contribution is 2.41. The Balaban J connectivity index is 2.51. The predicted molar refractivity (Wildman–Crippen MR) is 132 cm³/mol. The minimum atomic E-state index is -5.06. The lowest BCUT2D eigenvalue weighted by molar-refractivity contribution is -0.140. The molecular weight excluding hydrogens is 545 g/mol. The van der Waals surface area contributed by atoms with Crippen LogP contribution in [0.15, 0.2) is 36.4 Å². The van der Waals surface area contributed by atoms with E-state index in [-0.39, 0.29) is 28.8 Å². The van der Waals surface area contributed by atoms with Gasteiger partial charge in [0.1, 0.15) is 11.7 Å². The quantitative estimate of drug-likeness (QED) is 0.223. The van der Waals surface area contributed by atoms with Crippen molar-refractivity contribution in [3.8, 4) is 0 Å². The van der Waals surface area contributed by atoms with Crippen LogP contribution in [0.5, 0.6) is 0 Å². The standard InChI is InChI=1S/C26H26ClF7O2S/c1-5-37(36)13-14(2)8-23(35)19-7-6-17(11-21(19)26(32,33)34)22(28)12-20(25(29,30)31)18-9-15(3)24(27)16(4)10-18/h6-7,9-12,14,20H,5,8,13H2,1-4H3/b22-12-/t14-,20?,37?/m0/s1. The van der Waals surface area contributed by atoms with Crippen molar-refractivity contribution in [3.63, 3.8) is 0 Å². The molecule has 2 nitrogen and oxygen atoms in total. The van der Waals surface area contributed by atoms with E-state index in [9.17, 15) is 35.3 Å². The van der Waals surface area contributed by atoms with Crippen LogP contribution < -0.4 is 0 Å². The van der Waals surface area contributed by atoms with Crippen LogP contribution in [0, 0.1) is 19.8 Å². The Kier molecular flexibility index (Phi) is 10.2. The summed E-state index contributed by atoms with van der Waals surface area (Å²) in [7, 11) is -1.23. The summed E-state index contributed by atoms with van der Waals surface area (Å²) in [6.45, 7) is 6.22. The smallest absolute Gasteiger partial charge is 0.294 e. The molecule has 0 saturated heterocycles. The molecule has 0 aliphatic rings. The van der Waals surface area contributed by atoms with Gasteiger partial charge in [-0.15, -0.1) is 0 Å². The molecule has 0 radical (unpaired) electrons. The van der Waals surface area contributed by atoms with Crippen molar-refractivity contribution in [2.24, 2.45) is 5.92 Å². The van der Waals surface area contributed by atoms with Gasteiger partial charge in [0.15, 0.2) is 5.78 Å². The van der Waals surface area contributed by atoms with Crippen LogP contribution >= 0.6 is 11.6 Å². The van der Waals surface area contributed by atoms with Gasteiger partial charge in [0.05, 0.1) is 5.56 Å². The first kappa shape index (κ1) is 31.0. The van der Waals surface area contributed by atoms with Gasteiger partial charge in [0, 0.05) is 44.9 Å². The van der Waals surface area contributed by atoms with E-state index in [0.29, 0.717) is 22.9 Å². The van der Waals surface area contributed by atoms with Crippen molar-refractivity contribution in [2.45, 2.75) is 52.4 Å². The van der Waals surface area contributed by atoms with E-state index in [2.05, 4.69) is 0 Å². The van der Waals surface area contributed by atoms with Gasteiger partial charge < -0.3 is 0 Å². The lowest BCUT2D eigenvalue weighted by atomic mass is 9.92. The molecule has 0 aromatic heterocycles. The van der Waals surface area contributed by atoms with E-state index in [1.54, 1.807) is 13.8 Å². The number of ketones is 1. The third-order valence-electron chi connectivity index (χ3n) is 5.71. The first-order valence-corrected chi connectivity index (χ1v) is 13.1. The largest absolute Gasteiger partial charge is 0.417 e. The highest BCUT2D eigenvalue weighted by atomic mass is 35.5. The number of aryl methyl sites for hydroxylation is 2. The zero-order chi connectivity index (χ0) is 28.3. The maximum absolute atomic E-state index is 15.0. The van der Waals surface area contributed by atoms with Gasteiger partial charge in [-0.2, -0.15) is 26.3 Å². The number of Topliss-reactive ketones (excluding diaryl/α,β-unsaturated/α-hetero) is 1. The molecule has 0 amide bonds. The number of hydrogen-bond acceptors (Lipinski definition) is 2. The van der Waals surface area contributed by atoms with Gasteiger partial charge in [0.2, 0.25) is 0 Å². The molecule has 0 spiro atoms. The van der Waals surface area contributed by atoms with Crippen LogP contribution in [0.25, 0.3) is 5.83 Å². The maximum Gasteiger partial charge on any atom is 0.417 e. The first-order chi connectivity index (χ1) is 16.9. The third-order valence-corrected chi connectivity index (χ3v) is 7.89. The Bertz CT molecular complexity index is 1180. The first-order valence-electron chi connectivity index (χ1n) is 11.3. The average molecular weight is 571 g/mol. The number of hydrogen-bond donors (Lipinski definition) is 0. The molecule has 37 heavy (non-hydrogen) atoms. The summed E-state index contributed by atoms with van der Waals surface area (Å²) >= 11 is 6.01. The molecule has 2 aromatic carbocycles. The Morgan fingerprint density at radius 3 is 2.11 bits per heavy atom. The van der Waals surface area contributed by atoms with E-state index in [1.165, 1.54) is 13.8 Å². The second-order valence-electron chi connectivity index (χ2n) is 8.89. The molecule has 0 aliphatic heterocycles. The molecule has 11 heteroatoms. The molecule has 0 bridgehead atoms. The van der Waals surface area contributed by atoms with Crippen molar-refractivity contribution in [3.05, 3.63) is 74.8 Å². The Hall–Kier alpha value is -2.20. The topological polar surface area (TPSA) is 34.1 Å². The SMILES string of the molecule is CCS(=O)C[C@@H](C)CC(=O)c1ccc(/C(F)=C/C(c2cc(C)c(Cl)c(C)c2)C(F)(F)F)cc1C(F)(F)F. The maximum atomic E-state index is 15.0. The summed E-state index contributed by atoms with van der Waals surface area (Å²) in [4.78, 5) is 12.6. The molecule has 2 aromatic rings. The van der Waals surface area contributed by atoms with Crippen molar-refractivity contribution >= 4 is 34.0 Å². The fraction of sp³-hybridized carbons (Fsp3) is 0.423. The van der Waals surface area contributed by atoms with Crippen molar-refractivity contribution in [1.82, 2.24) is 0 Å². The molecule has 0 N–H and O–H groups in total. The monoisotopic (exact) mass is 570 g/mol. The summed E-state index contributed by atoms with van der Waals surface area (Å²) < 4.78 is 109. The number of carbonyl (C=O) groups is 1. The second-order valence-corrected chi connectivity index (χ2v) is 11.1. The number of halogens is 8. The predicted octanol–water partition coefficient (Wildman–Crippen LogP) is 8.61. The zero-order valence-corrected chi connectivity index (χ0v) is 22.1. The van der Waals surface area contributed by atoms with Gasteiger partial charge in [-0.1, -0.05) is 49.7 Å². The number of carbonyl (C=O) groups excluding carboxylic acids is 1. The van der Waals surface area contributed by atoms with Crippen LogP contribution in [0.2, 0.25) is 5.02 Å². The Morgan fingerprint density at radius 2 is 1.62 bits per heavy atom. The second kappa shape index (κ2) is 12.1. The minimum Gasteiger partial charge on any atom is -0.294 e. The zero-order valence-electron chi connectivity index (χ0n) is 20.5. The lowest BCUT2D eigenvalue weighted by Gasteiger charge is -2.20. The van der Waals surface area contributed by atoms with Crippen molar-refractivity contribution in [1.29, 1.82) is 0 Å². The molecule has 2 rings (SSSR count). The number of alkyl halides is 6. The van der Waals surface area contributed by atoms with E-state index in [0.717, 1.165) is 24.3 Å².